The number of benzene rings is 1. The lowest BCUT2D eigenvalue weighted by Gasteiger charge is -2.09. The summed E-state index contributed by atoms with van der Waals surface area (Å²) in [6, 6.07) is 4.54. The Bertz CT molecular complexity index is 1070. The molecule has 3 rings (SSSR count). The van der Waals surface area contributed by atoms with Crippen molar-refractivity contribution in [2.75, 3.05) is 5.32 Å². The van der Waals surface area contributed by atoms with Gasteiger partial charge < -0.3 is 10.3 Å². The number of carbonyl (C=O) groups is 1. The van der Waals surface area contributed by atoms with Crippen LogP contribution in [0.2, 0.25) is 0 Å². The van der Waals surface area contributed by atoms with Crippen molar-refractivity contribution >= 4 is 22.6 Å². The van der Waals surface area contributed by atoms with Gasteiger partial charge in [0.05, 0.1) is 11.4 Å². The van der Waals surface area contributed by atoms with Gasteiger partial charge in [-0.3, -0.25) is 14.3 Å². The topological polar surface area (TPSA) is 79.8 Å². The molecule has 0 radical (unpaired) electrons. The molecule has 1 amide bonds. The van der Waals surface area contributed by atoms with Gasteiger partial charge in [0, 0.05) is 24.4 Å². The zero-order valence-corrected chi connectivity index (χ0v) is 15.2. The molecule has 26 heavy (non-hydrogen) atoms. The molecular weight excluding hydrogens is 335 g/mol. The first kappa shape index (κ1) is 17.8. The van der Waals surface area contributed by atoms with Crippen molar-refractivity contribution < 1.29 is 9.18 Å². The van der Waals surface area contributed by atoms with Crippen LogP contribution in [0.4, 0.5) is 10.1 Å². The van der Waals surface area contributed by atoms with Crippen LogP contribution in [0.5, 0.6) is 0 Å². The van der Waals surface area contributed by atoms with Gasteiger partial charge in [-0.1, -0.05) is 6.07 Å². The van der Waals surface area contributed by atoms with E-state index in [9.17, 15) is 14.0 Å². The standard InChI is InChI=1S/C19H21FN4O2/c1-10-5-7-14(20)15(9-10)21-16(25)8-6-13-11(2)17-12(3)23-24(4)18(17)22-19(13)26/h5,7,9H,6,8H2,1-4H3,(H,21,25)(H,22,26). The highest BCUT2D eigenvalue weighted by Crippen LogP contribution is 2.21. The van der Waals surface area contributed by atoms with E-state index in [1.54, 1.807) is 23.9 Å². The Morgan fingerprint density at radius 3 is 2.77 bits per heavy atom. The fourth-order valence-electron chi connectivity index (χ4n) is 3.24. The minimum atomic E-state index is -0.481. The maximum atomic E-state index is 13.8. The molecule has 136 valence electrons. The molecule has 0 saturated heterocycles. The van der Waals surface area contributed by atoms with Crippen LogP contribution in [0, 0.1) is 26.6 Å². The number of aryl methyl sites for hydroxylation is 4. The molecule has 0 bridgehead atoms. The molecule has 1 aromatic carbocycles. The Morgan fingerprint density at radius 1 is 1.31 bits per heavy atom. The van der Waals surface area contributed by atoms with Gasteiger partial charge >= 0.3 is 0 Å². The van der Waals surface area contributed by atoms with E-state index in [0.29, 0.717) is 11.2 Å². The summed E-state index contributed by atoms with van der Waals surface area (Å²) < 4.78 is 15.4. The van der Waals surface area contributed by atoms with Gasteiger partial charge in [-0.2, -0.15) is 5.10 Å². The molecular formula is C19H21FN4O2. The Balaban J connectivity index is 1.81. The number of carbonyl (C=O) groups excluding carboxylic acids is 1. The predicted molar refractivity (Wildman–Crippen MR) is 98.9 cm³/mol. The van der Waals surface area contributed by atoms with Crippen molar-refractivity contribution in [2.24, 2.45) is 7.05 Å². The van der Waals surface area contributed by atoms with E-state index in [2.05, 4.69) is 15.4 Å². The number of aromatic amines is 1. The molecule has 0 unspecified atom stereocenters. The molecule has 0 spiro atoms. The highest BCUT2D eigenvalue weighted by Gasteiger charge is 2.16. The summed E-state index contributed by atoms with van der Waals surface area (Å²) in [6.45, 7) is 5.56. The van der Waals surface area contributed by atoms with E-state index in [1.807, 2.05) is 20.8 Å². The van der Waals surface area contributed by atoms with E-state index in [4.69, 9.17) is 0 Å². The third kappa shape index (κ3) is 3.24. The molecule has 0 aliphatic carbocycles. The minimum absolute atomic E-state index is 0.0854. The summed E-state index contributed by atoms with van der Waals surface area (Å²) in [6.07, 6.45) is 0.354. The van der Waals surface area contributed by atoms with Gasteiger partial charge in [0.1, 0.15) is 11.5 Å². The first-order valence-electron chi connectivity index (χ1n) is 8.39. The highest BCUT2D eigenvalue weighted by molar-refractivity contribution is 5.91. The molecule has 2 heterocycles. The van der Waals surface area contributed by atoms with Gasteiger partial charge in [0.15, 0.2) is 0 Å². The smallest absolute Gasteiger partial charge is 0.253 e. The number of pyridine rings is 1. The van der Waals surface area contributed by atoms with Gasteiger partial charge in [0.25, 0.3) is 5.56 Å². The second-order valence-electron chi connectivity index (χ2n) is 6.52. The first-order chi connectivity index (χ1) is 12.3. The molecule has 2 N–H and O–H groups in total. The van der Waals surface area contributed by atoms with Crippen LogP contribution >= 0.6 is 0 Å². The van der Waals surface area contributed by atoms with Crippen molar-refractivity contribution in [3.63, 3.8) is 0 Å². The number of rotatable bonds is 4. The molecule has 0 aliphatic heterocycles. The van der Waals surface area contributed by atoms with Crippen LogP contribution in [0.1, 0.15) is 28.8 Å². The van der Waals surface area contributed by atoms with Crippen molar-refractivity contribution in [1.82, 2.24) is 14.8 Å². The molecule has 6 nitrogen and oxygen atoms in total. The molecule has 0 saturated carbocycles. The van der Waals surface area contributed by atoms with E-state index < -0.39 is 5.82 Å². The van der Waals surface area contributed by atoms with Gasteiger partial charge in [-0.05, 0) is 50.5 Å². The van der Waals surface area contributed by atoms with E-state index in [0.717, 1.165) is 22.2 Å². The van der Waals surface area contributed by atoms with Crippen LogP contribution in [0.3, 0.4) is 0 Å². The zero-order chi connectivity index (χ0) is 19.0. The lowest BCUT2D eigenvalue weighted by atomic mass is 10.0. The number of hydrogen-bond donors (Lipinski definition) is 2. The SMILES string of the molecule is Cc1ccc(F)c(NC(=O)CCc2c(C)c3c(C)nn(C)c3[nH]c2=O)c1. The lowest BCUT2D eigenvalue weighted by molar-refractivity contribution is -0.116. The van der Waals surface area contributed by atoms with Crippen LogP contribution in [-0.4, -0.2) is 20.7 Å². The fourth-order valence-corrected chi connectivity index (χ4v) is 3.24. The number of H-pyrrole nitrogens is 1. The van der Waals surface area contributed by atoms with Crippen LogP contribution < -0.4 is 10.9 Å². The van der Waals surface area contributed by atoms with Crippen molar-refractivity contribution in [1.29, 1.82) is 0 Å². The van der Waals surface area contributed by atoms with Gasteiger partial charge in [-0.25, -0.2) is 4.39 Å². The van der Waals surface area contributed by atoms with Crippen LogP contribution in [0.15, 0.2) is 23.0 Å². The quantitative estimate of drug-likeness (QED) is 0.754. The number of hydrogen-bond acceptors (Lipinski definition) is 3. The predicted octanol–water partition coefficient (Wildman–Crippen LogP) is 2.90. The summed E-state index contributed by atoms with van der Waals surface area (Å²) in [7, 11) is 1.77. The molecule has 0 aliphatic rings. The molecule has 3 aromatic rings. The number of nitrogens with zero attached hydrogens (tertiary/aromatic N) is 2. The molecule has 0 atom stereocenters. The van der Waals surface area contributed by atoms with Crippen molar-refractivity contribution in [3.05, 3.63) is 56.8 Å². The third-order valence-electron chi connectivity index (χ3n) is 4.55. The fraction of sp³-hybridized carbons (Fsp3) is 0.316. The summed E-state index contributed by atoms with van der Waals surface area (Å²) in [5.41, 5.74) is 3.64. The van der Waals surface area contributed by atoms with E-state index in [-0.39, 0.29) is 30.0 Å². The number of nitrogens with one attached hydrogen (secondary N) is 2. The Kier molecular flexibility index (Phi) is 4.63. The normalized spacial score (nSPS) is 11.1. The summed E-state index contributed by atoms with van der Waals surface area (Å²) in [5.74, 6) is -0.818. The van der Waals surface area contributed by atoms with Crippen molar-refractivity contribution in [2.45, 2.75) is 33.6 Å². The maximum absolute atomic E-state index is 13.8. The Morgan fingerprint density at radius 2 is 2.04 bits per heavy atom. The molecule has 0 fully saturated rings. The first-order valence-corrected chi connectivity index (χ1v) is 8.39. The average Bonchev–Trinajstić information content (AvgIpc) is 2.84. The van der Waals surface area contributed by atoms with E-state index in [1.165, 1.54) is 6.07 Å². The third-order valence-corrected chi connectivity index (χ3v) is 4.55. The summed E-state index contributed by atoms with van der Waals surface area (Å²) >= 11 is 0. The zero-order valence-electron chi connectivity index (χ0n) is 15.2. The Labute approximate surface area is 150 Å². The lowest BCUT2D eigenvalue weighted by Crippen LogP contribution is -2.19. The number of halogens is 1. The van der Waals surface area contributed by atoms with Gasteiger partial charge in [0.2, 0.25) is 5.91 Å². The average molecular weight is 356 g/mol. The van der Waals surface area contributed by atoms with Crippen LogP contribution in [-0.2, 0) is 18.3 Å². The number of fused-ring (bicyclic) bond motifs is 1. The number of amides is 1. The summed E-state index contributed by atoms with van der Waals surface area (Å²) in [5, 5.41) is 7.79. The minimum Gasteiger partial charge on any atom is -0.324 e. The van der Waals surface area contributed by atoms with E-state index >= 15 is 0 Å². The maximum Gasteiger partial charge on any atom is 0.253 e. The van der Waals surface area contributed by atoms with Gasteiger partial charge in [-0.15, -0.1) is 0 Å². The van der Waals surface area contributed by atoms with Crippen LogP contribution in [0.25, 0.3) is 11.0 Å². The molecule has 2 aromatic heterocycles. The Hall–Kier alpha value is -2.96. The number of anilines is 1. The second kappa shape index (κ2) is 6.74. The molecule has 7 heteroatoms. The number of aromatic nitrogens is 3. The monoisotopic (exact) mass is 356 g/mol. The highest BCUT2D eigenvalue weighted by atomic mass is 19.1. The summed E-state index contributed by atoms with van der Waals surface area (Å²) in [4.78, 5) is 27.4. The largest absolute Gasteiger partial charge is 0.324 e. The van der Waals surface area contributed by atoms with Crippen molar-refractivity contribution in [3.8, 4) is 0 Å². The second-order valence-corrected chi connectivity index (χ2v) is 6.52.